The molecule has 106 valence electrons. The van der Waals surface area contributed by atoms with Gasteiger partial charge in [0.1, 0.15) is 0 Å². The molecule has 1 heterocycles. The SMILES string of the molecule is CCNC(CCC1CCCC1)Cc1ccc(Br)cn1. The quantitative estimate of drug-likeness (QED) is 0.807. The topological polar surface area (TPSA) is 24.9 Å². The van der Waals surface area contributed by atoms with E-state index in [2.05, 4.69) is 45.3 Å². The molecule has 1 N–H and O–H groups in total. The van der Waals surface area contributed by atoms with E-state index in [1.807, 2.05) is 6.20 Å². The molecule has 0 saturated heterocycles. The van der Waals surface area contributed by atoms with Gasteiger partial charge >= 0.3 is 0 Å². The summed E-state index contributed by atoms with van der Waals surface area (Å²) in [5.41, 5.74) is 1.19. The molecular weight excluding hydrogens is 300 g/mol. The lowest BCUT2D eigenvalue weighted by Gasteiger charge is -2.19. The fraction of sp³-hybridized carbons (Fsp3) is 0.688. The molecule has 1 saturated carbocycles. The lowest BCUT2D eigenvalue weighted by Crippen LogP contribution is -2.31. The Morgan fingerprint density at radius 1 is 1.37 bits per heavy atom. The van der Waals surface area contributed by atoms with Gasteiger partial charge in [-0.05, 0) is 53.4 Å². The molecule has 2 nitrogen and oxygen atoms in total. The third-order valence-corrected chi connectivity index (χ3v) is 4.60. The number of likely N-dealkylation sites (N-methyl/N-ethyl adjacent to an activating group) is 1. The van der Waals surface area contributed by atoms with Gasteiger partial charge in [-0.2, -0.15) is 0 Å². The zero-order valence-electron chi connectivity index (χ0n) is 11.9. The molecule has 3 heteroatoms. The Labute approximate surface area is 125 Å². The summed E-state index contributed by atoms with van der Waals surface area (Å²) in [5.74, 6) is 0.985. The van der Waals surface area contributed by atoms with Crippen molar-refractivity contribution in [2.45, 2.75) is 57.9 Å². The first-order valence-corrected chi connectivity index (χ1v) is 8.41. The van der Waals surface area contributed by atoms with Crippen LogP contribution in [0.1, 0.15) is 51.1 Å². The van der Waals surface area contributed by atoms with Crippen LogP contribution in [-0.4, -0.2) is 17.6 Å². The Hall–Kier alpha value is -0.410. The fourth-order valence-electron chi connectivity index (χ4n) is 3.08. The highest BCUT2D eigenvalue weighted by Crippen LogP contribution is 2.29. The third kappa shape index (κ3) is 5.23. The largest absolute Gasteiger partial charge is 0.314 e. The number of hydrogen-bond acceptors (Lipinski definition) is 2. The summed E-state index contributed by atoms with van der Waals surface area (Å²) in [6.07, 6.45) is 11.4. The molecule has 0 aromatic carbocycles. The van der Waals surface area contributed by atoms with Gasteiger partial charge in [0.2, 0.25) is 0 Å². The predicted octanol–water partition coefficient (Wildman–Crippen LogP) is 4.34. The summed E-state index contributed by atoms with van der Waals surface area (Å²) in [5, 5.41) is 3.62. The van der Waals surface area contributed by atoms with E-state index in [1.165, 1.54) is 44.2 Å². The molecule has 0 radical (unpaired) electrons. The van der Waals surface area contributed by atoms with Gasteiger partial charge < -0.3 is 5.32 Å². The van der Waals surface area contributed by atoms with Crippen LogP contribution >= 0.6 is 15.9 Å². The van der Waals surface area contributed by atoms with Gasteiger partial charge in [-0.25, -0.2) is 0 Å². The van der Waals surface area contributed by atoms with Crippen molar-refractivity contribution in [3.05, 3.63) is 28.5 Å². The Morgan fingerprint density at radius 3 is 2.79 bits per heavy atom. The summed E-state index contributed by atoms with van der Waals surface area (Å²) in [6.45, 7) is 3.24. The first kappa shape index (κ1) is 15.0. The minimum absolute atomic E-state index is 0.583. The number of pyridine rings is 1. The highest BCUT2D eigenvalue weighted by molar-refractivity contribution is 9.10. The van der Waals surface area contributed by atoms with E-state index in [1.54, 1.807) is 0 Å². The third-order valence-electron chi connectivity index (χ3n) is 4.14. The smallest absolute Gasteiger partial charge is 0.0419 e. The van der Waals surface area contributed by atoms with Crippen molar-refractivity contribution in [1.29, 1.82) is 0 Å². The van der Waals surface area contributed by atoms with Crippen molar-refractivity contribution in [2.24, 2.45) is 5.92 Å². The second-order valence-corrected chi connectivity index (χ2v) is 6.57. The normalized spacial score (nSPS) is 17.8. The van der Waals surface area contributed by atoms with Crippen LogP contribution in [0.15, 0.2) is 22.8 Å². The molecule has 1 atom stereocenters. The molecule has 1 aliphatic carbocycles. The van der Waals surface area contributed by atoms with Crippen molar-refractivity contribution >= 4 is 15.9 Å². The van der Waals surface area contributed by atoms with Gasteiger partial charge in [-0.1, -0.05) is 32.6 Å². The summed E-state index contributed by atoms with van der Waals surface area (Å²) < 4.78 is 1.06. The number of hydrogen-bond donors (Lipinski definition) is 1. The molecule has 0 amide bonds. The zero-order chi connectivity index (χ0) is 13.5. The second kappa shape index (κ2) is 8.01. The van der Waals surface area contributed by atoms with E-state index in [-0.39, 0.29) is 0 Å². The maximum atomic E-state index is 4.49. The Bertz CT molecular complexity index is 358. The Kier molecular flexibility index (Phi) is 6.32. The molecule has 2 rings (SSSR count). The van der Waals surface area contributed by atoms with Crippen LogP contribution < -0.4 is 5.32 Å². The van der Waals surface area contributed by atoms with Gasteiger partial charge in [-0.15, -0.1) is 0 Å². The lowest BCUT2D eigenvalue weighted by molar-refractivity contribution is 0.405. The molecule has 1 aliphatic rings. The van der Waals surface area contributed by atoms with Crippen molar-refractivity contribution in [1.82, 2.24) is 10.3 Å². The number of nitrogens with one attached hydrogen (secondary N) is 1. The molecular formula is C16H25BrN2. The van der Waals surface area contributed by atoms with Gasteiger partial charge in [-0.3, -0.25) is 4.98 Å². The molecule has 1 aromatic heterocycles. The monoisotopic (exact) mass is 324 g/mol. The van der Waals surface area contributed by atoms with Crippen LogP contribution in [0.4, 0.5) is 0 Å². The standard InChI is InChI=1S/C16H25BrN2/c1-2-18-15(9-7-13-5-3-4-6-13)11-16-10-8-14(17)12-19-16/h8,10,12-13,15,18H,2-7,9,11H2,1H3. The van der Waals surface area contributed by atoms with Crippen LogP contribution in [0.2, 0.25) is 0 Å². The first-order valence-electron chi connectivity index (χ1n) is 7.61. The predicted molar refractivity (Wildman–Crippen MR) is 84.3 cm³/mol. The molecule has 1 unspecified atom stereocenters. The summed E-state index contributed by atoms with van der Waals surface area (Å²) in [7, 11) is 0. The van der Waals surface area contributed by atoms with Crippen LogP contribution in [0, 0.1) is 5.92 Å². The average Bonchev–Trinajstić information content (AvgIpc) is 2.92. The molecule has 19 heavy (non-hydrogen) atoms. The van der Waals surface area contributed by atoms with Gasteiger partial charge in [0.25, 0.3) is 0 Å². The van der Waals surface area contributed by atoms with E-state index >= 15 is 0 Å². The number of halogens is 1. The van der Waals surface area contributed by atoms with Crippen LogP contribution in [0.3, 0.4) is 0 Å². The average molecular weight is 325 g/mol. The van der Waals surface area contributed by atoms with E-state index in [9.17, 15) is 0 Å². The van der Waals surface area contributed by atoms with Crippen LogP contribution in [-0.2, 0) is 6.42 Å². The van der Waals surface area contributed by atoms with Gasteiger partial charge in [0.05, 0.1) is 0 Å². The van der Waals surface area contributed by atoms with Crippen molar-refractivity contribution < 1.29 is 0 Å². The lowest BCUT2D eigenvalue weighted by atomic mass is 9.96. The zero-order valence-corrected chi connectivity index (χ0v) is 13.5. The molecule has 1 aromatic rings. The van der Waals surface area contributed by atoms with E-state index in [0.29, 0.717) is 6.04 Å². The van der Waals surface area contributed by atoms with E-state index in [4.69, 9.17) is 0 Å². The number of nitrogens with zero attached hydrogens (tertiary/aromatic N) is 1. The molecule has 0 spiro atoms. The minimum atomic E-state index is 0.583. The highest BCUT2D eigenvalue weighted by atomic mass is 79.9. The van der Waals surface area contributed by atoms with Crippen molar-refractivity contribution in [3.8, 4) is 0 Å². The van der Waals surface area contributed by atoms with E-state index in [0.717, 1.165) is 23.4 Å². The highest BCUT2D eigenvalue weighted by Gasteiger charge is 2.17. The maximum Gasteiger partial charge on any atom is 0.0419 e. The molecule has 0 bridgehead atoms. The second-order valence-electron chi connectivity index (χ2n) is 5.65. The van der Waals surface area contributed by atoms with Crippen molar-refractivity contribution in [3.63, 3.8) is 0 Å². The number of aromatic nitrogens is 1. The van der Waals surface area contributed by atoms with Gasteiger partial charge in [0, 0.05) is 28.8 Å². The summed E-state index contributed by atoms with van der Waals surface area (Å²) in [6, 6.07) is 4.80. The Balaban J connectivity index is 1.82. The van der Waals surface area contributed by atoms with Crippen molar-refractivity contribution in [2.75, 3.05) is 6.54 Å². The fourth-order valence-corrected chi connectivity index (χ4v) is 3.32. The van der Waals surface area contributed by atoms with Gasteiger partial charge in [0.15, 0.2) is 0 Å². The summed E-state index contributed by atoms with van der Waals surface area (Å²) in [4.78, 5) is 4.49. The van der Waals surface area contributed by atoms with Crippen LogP contribution in [0.25, 0.3) is 0 Å². The Morgan fingerprint density at radius 2 is 2.16 bits per heavy atom. The number of rotatable bonds is 7. The maximum absolute atomic E-state index is 4.49. The minimum Gasteiger partial charge on any atom is -0.314 e. The molecule has 1 fully saturated rings. The first-order chi connectivity index (χ1) is 9.28. The molecule has 0 aliphatic heterocycles. The summed E-state index contributed by atoms with van der Waals surface area (Å²) >= 11 is 3.44. The van der Waals surface area contributed by atoms with Crippen LogP contribution in [0.5, 0.6) is 0 Å². The van der Waals surface area contributed by atoms with E-state index < -0.39 is 0 Å².